The second-order valence-electron chi connectivity index (χ2n) is 3.61. The van der Waals surface area contributed by atoms with Gasteiger partial charge in [0.05, 0.1) is 26.8 Å². The van der Waals surface area contributed by atoms with Crippen LogP contribution in [0.4, 0.5) is 0 Å². The fraction of sp³-hybridized carbons (Fsp3) is 0.0833. The molecule has 18 heavy (non-hydrogen) atoms. The topological polar surface area (TPSA) is 50.9 Å². The standard InChI is InChI=1S/C12H10Cl3N3/c13-8-4-1-3-7(10(8)15)11(18-16)12-9(14)5-2-6-17-12/h1-6,11,18H,16H2. The maximum absolute atomic E-state index is 6.17. The van der Waals surface area contributed by atoms with Crippen LogP contribution in [0.15, 0.2) is 36.5 Å². The molecule has 0 saturated carbocycles. The van der Waals surface area contributed by atoms with Gasteiger partial charge in [-0.15, -0.1) is 0 Å². The number of nitrogens with two attached hydrogens (primary N) is 1. The highest BCUT2D eigenvalue weighted by Crippen LogP contribution is 2.34. The molecule has 0 radical (unpaired) electrons. The summed E-state index contributed by atoms with van der Waals surface area (Å²) in [5, 5.41) is 1.40. The second kappa shape index (κ2) is 5.87. The highest BCUT2D eigenvalue weighted by Gasteiger charge is 2.20. The lowest BCUT2D eigenvalue weighted by atomic mass is 10.0. The van der Waals surface area contributed by atoms with E-state index >= 15 is 0 Å². The molecule has 1 unspecified atom stereocenters. The van der Waals surface area contributed by atoms with Crippen LogP contribution in [0.2, 0.25) is 15.1 Å². The van der Waals surface area contributed by atoms with Crippen LogP contribution in [0.5, 0.6) is 0 Å². The SMILES string of the molecule is NNC(c1cccc(Cl)c1Cl)c1ncccc1Cl. The first kappa shape index (κ1) is 13.6. The number of halogens is 3. The average Bonchev–Trinajstić information content (AvgIpc) is 2.37. The molecular weight excluding hydrogens is 293 g/mol. The van der Waals surface area contributed by atoms with Crippen LogP contribution in [-0.2, 0) is 0 Å². The monoisotopic (exact) mass is 301 g/mol. The number of aromatic nitrogens is 1. The van der Waals surface area contributed by atoms with E-state index in [4.69, 9.17) is 40.6 Å². The van der Waals surface area contributed by atoms with E-state index in [0.29, 0.717) is 20.8 Å². The van der Waals surface area contributed by atoms with Gasteiger partial charge in [0.2, 0.25) is 0 Å². The van der Waals surface area contributed by atoms with Crippen LogP contribution in [0.3, 0.4) is 0 Å². The number of benzene rings is 1. The molecule has 0 spiro atoms. The Morgan fingerprint density at radius 3 is 2.44 bits per heavy atom. The molecule has 2 rings (SSSR count). The van der Waals surface area contributed by atoms with Crippen molar-refractivity contribution in [1.29, 1.82) is 0 Å². The van der Waals surface area contributed by atoms with E-state index in [1.54, 1.807) is 30.5 Å². The van der Waals surface area contributed by atoms with E-state index < -0.39 is 6.04 Å². The first-order valence-electron chi connectivity index (χ1n) is 5.15. The Bertz CT molecular complexity index is 560. The van der Waals surface area contributed by atoms with E-state index in [-0.39, 0.29) is 0 Å². The van der Waals surface area contributed by atoms with E-state index in [1.807, 2.05) is 6.07 Å². The van der Waals surface area contributed by atoms with Gasteiger partial charge in [0.1, 0.15) is 0 Å². The van der Waals surface area contributed by atoms with Gasteiger partial charge in [0.15, 0.2) is 0 Å². The van der Waals surface area contributed by atoms with Crippen molar-refractivity contribution >= 4 is 34.8 Å². The molecule has 94 valence electrons. The number of rotatable bonds is 3. The number of nitrogens with zero attached hydrogens (tertiary/aromatic N) is 1. The van der Waals surface area contributed by atoms with Gasteiger partial charge in [0, 0.05) is 6.20 Å². The number of hydrazine groups is 1. The Labute approximate surface area is 120 Å². The lowest BCUT2D eigenvalue weighted by molar-refractivity contribution is 0.621. The fourth-order valence-corrected chi connectivity index (χ4v) is 2.32. The van der Waals surface area contributed by atoms with Crippen LogP contribution >= 0.6 is 34.8 Å². The zero-order valence-corrected chi connectivity index (χ0v) is 11.5. The van der Waals surface area contributed by atoms with Gasteiger partial charge in [0.25, 0.3) is 0 Å². The minimum atomic E-state index is -0.412. The van der Waals surface area contributed by atoms with Gasteiger partial charge < -0.3 is 0 Å². The maximum Gasteiger partial charge on any atom is 0.0911 e. The third kappa shape index (κ3) is 2.60. The Balaban J connectivity index is 2.53. The Morgan fingerprint density at radius 2 is 1.78 bits per heavy atom. The summed E-state index contributed by atoms with van der Waals surface area (Å²) < 4.78 is 0. The minimum absolute atomic E-state index is 0.412. The van der Waals surface area contributed by atoms with Crippen LogP contribution in [0, 0.1) is 0 Å². The van der Waals surface area contributed by atoms with Crippen molar-refractivity contribution in [2.75, 3.05) is 0 Å². The van der Waals surface area contributed by atoms with Crippen LogP contribution < -0.4 is 11.3 Å². The molecular formula is C12H10Cl3N3. The predicted octanol–water partition coefficient (Wildman–Crippen LogP) is 3.59. The van der Waals surface area contributed by atoms with E-state index in [9.17, 15) is 0 Å². The van der Waals surface area contributed by atoms with Crippen molar-refractivity contribution in [2.45, 2.75) is 6.04 Å². The van der Waals surface area contributed by atoms with E-state index in [1.165, 1.54) is 0 Å². The molecule has 1 atom stereocenters. The summed E-state index contributed by atoms with van der Waals surface area (Å²) in [5.74, 6) is 5.57. The molecule has 0 fully saturated rings. The molecule has 0 aliphatic heterocycles. The van der Waals surface area contributed by atoms with Gasteiger partial charge in [-0.25, -0.2) is 5.43 Å². The van der Waals surface area contributed by atoms with Gasteiger partial charge in [-0.3, -0.25) is 10.8 Å². The number of hydrogen-bond donors (Lipinski definition) is 2. The molecule has 0 amide bonds. The quantitative estimate of drug-likeness (QED) is 0.673. The lowest BCUT2D eigenvalue weighted by Crippen LogP contribution is -2.30. The van der Waals surface area contributed by atoms with Crippen LogP contribution in [-0.4, -0.2) is 4.98 Å². The molecule has 1 heterocycles. The van der Waals surface area contributed by atoms with E-state index in [2.05, 4.69) is 10.4 Å². The molecule has 0 aliphatic rings. The summed E-state index contributed by atoms with van der Waals surface area (Å²) in [6, 6.07) is 8.41. The normalized spacial score (nSPS) is 12.4. The lowest BCUT2D eigenvalue weighted by Gasteiger charge is -2.18. The first-order valence-corrected chi connectivity index (χ1v) is 6.29. The molecule has 1 aromatic carbocycles. The summed E-state index contributed by atoms with van der Waals surface area (Å²) in [6.45, 7) is 0. The second-order valence-corrected chi connectivity index (χ2v) is 4.81. The summed E-state index contributed by atoms with van der Waals surface area (Å²) in [6.07, 6.45) is 1.64. The smallest absolute Gasteiger partial charge is 0.0911 e. The summed E-state index contributed by atoms with van der Waals surface area (Å²) in [4.78, 5) is 4.22. The maximum atomic E-state index is 6.17. The number of pyridine rings is 1. The molecule has 0 bridgehead atoms. The van der Waals surface area contributed by atoms with Gasteiger partial charge in [-0.2, -0.15) is 0 Å². The Hall–Kier alpha value is -0.840. The third-order valence-corrected chi connectivity index (χ3v) is 3.67. The molecule has 3 nitrogen and oxygen atoms in total. The molecule has 0 saturated heterocycles. The minimum Gasteiger partial charge on any atom is -0.271 e. The van der Waals surface area contributed by atoms with Crippen molar-refractivity contribution < 1.29 is 0 Å². The fourth-order valence-electron chi connectivity index (χ4n) is 1.67. The van der Waals surface area contributed by atoms with Gasteiger partial charge >= 0.3 is 0 Å². The Kier molecular flexibility index (Phi) is 4.43. The van der Waals surface area contributed by atoms with Crippen molar-refractivity contribution in [3.8, 4) is 0 Å². The molecule has 0 aliphatic carbocycles. The molecule has 1 aromatic heterocycles. The van der Waals surface area contributed by atoms with Gasteiger partial charge in [-0.05, 0) is 23.8 Å². The predicted molar refractivity (Wildman–Crippen MR) is 74.9 cm³/mol. The molecule has 6 heteroatoms. The molecule has 3 N–H and O–H groups in total. The first-order chi connectivity index (χ1) is 8.65. The summed E-state index contributed by atoms with van der Waals surface area (Å²) >= 11 is 18.3. The molecule has 2 aromatic rings. The third-order valence-electron chi connectivity index (χ3n) is 2.52. The van der Waals surface area contributed by atoms with Crippen LogP contribution in [0.1, 0.15) is 17.3 Å². The zero-order valence-electron chi connectivity index (χ0n) is 9.20. The van der Waals surface area contributed by atoms with Crippen molar-refractivity contribution in [3.05, 3.63) is 62.9 Å². The van der Waals surface area contributed by atoms with Crippen molar-refractivity contribution in [2.24, 2.45) is 5.84 Å². The average molecular weight is 303 g/mol. The number of nitrogens with one attached hydrogen (secondary N) is 1. The number of hydrogen-bond acceptors (Lipinski definition) is 3. The van der Waals surface area contributed by atoms with Crippen LogP contribution in [0.25, 0.3) is 0 Å². The highest BCUT2D eigenvalue weighted by atomic mass is 35.5. The van der Waals surface area contributed by atoms with Gasteiger partial charge in [-0.1, -0.05) is 46.9 Å². The van der Waals surface area contributed by atoms with Crippen molar-refractivity contribution in [3.63, 3.8) is 0 Å². The Morgan fingerprint density at radius 1 is 1.06 bits per heavy atom. The zero-order chi connectivity index (χ0) is 13.1. The van der Waals surface area contributed by atoms with Crippen molar-refractivity contribution in [1.82, 2.24) is 10.4 Å². The summed E-state index contributed by atoms with van der Waals surface area (Å²) in [5.41, 5.74) is 3.99. The summed E-state index contributed by atoms with van der Waals surface area (Å²) in [7, 11) is 0. The van der Waals surface area contributed by atoms with E-state index in [0.717, 1.165) is 5.56 Å². The largest absolute Gasteiger partial charge is 0.271 e. The highest BCUT2D eigenvalue weighted by molar-refractivity contribution is 6.42.